The van der Waals surface area contributed by atoms with Gasteiger partial charge in [-0.25, -0.2) is 19.2 Å². The summed E-state index contributed by atoms with van der Waals surface area (Å²) in [4.78, 5) is 63.8. The van der Waals surface area contributed by atoms with E-state index in [2.05, 4.69) is 0 Å². The summed E-state index contributed by atoms with van der Waals surface area (Å²) in [5.74, 6) is -2.93. The predicted octanol–water partition coefficient (Wildman–Crippen LogP) is -0.0845. The van der Waals surface area contributed by atoms with Gasteiger partial charge < -0.3 is 0 Å². The van der Waals surface area contributed by atoms with E-state index in [0.717, 1.165) is 17.1 Å². The Balaban J connectivity index is 2.00. The molecule has 2 heterocycles. The summed E-state index contributed by atoms with van der Waals surface area (Å²) >= 11 is 0. The first kappa shape index (κ1) is 16.0. The standard InChI is InChI=1S/C14H16N2O6/c1-2-3-9(15-10(17)4-5-11(15)18)8-14(21)22-16-12(19)6-7-13(16)20/h4-5,9H,2-3,6-8H2,1H3/q+1. The number of imide groups is 2. The van der Waals surface area contributed by atoms with Crippen LogP contribution in [0.4, 0.5) is 0 Å². The zero-order valence-corrected chi connectivity index (χ0v) is 12.1. The van der Waals surface area contributed by atoms with Crippen LogP contribution in [0.1, 0.15) is 39.0 Å². The maximum absolute atomic E-state index is 11.9. The Kier molecular flexibility index (Phi) is 4.81. The van der Waals surface area contributed by atoms with Crippen molar-refractivity contribution in [3.05, 3.63) is 12.2 Å². The van der Waals surface area contributed by atoms with Crippen LogP contribution in [0.25, 0.3) is 0 Å². The number of amides is 4. The summed E-state index contributed by atoms with van der Waals surface area (Å²) in [5, 5.41) is 0.456. The zero-order chi connectivity index (χ0) is 16.3. The topological polar surface area (TPSA) is 104 Å². The third-order valence-corrected chi connectivity index (χ3v) is 3.43. The molecule has 2 rings (SSSR count). The lowest BCUT2D eigenvalue weighted by molar-refractivity contribution is -0.178. The molecule has 0 bridgehead atoms. The predicted molar refractivity (Wildman–Crippen MR) is 71.8 cm³/mol. The molecule has 0 N–H and O–H groups in total. The van der Waals surface area contributed by atoms with Crippen LogP contribution in [-0.4, -0.2) is 40.5 Å². The molecule has 8 nitrogen and oxygen atoms in total. The minimum Gasteiger partial charge on any atom is -0.272 e. The number of hydrogen-bond donors (Lipinski definition) is 0. The summed E-state index contributed by atoms with van der Waals surface area (Å²) < 4.78 is 0. The van der Waals surface area contributed by atoms with Gasteiger partial charge in [-0.2, -0.15) is 0 Å². The fraction of sp³-hybridized carbons (Fsp3) is 0.500. The molecule has 22 heavy (non-hydrogen) atoms. The highest BCUT2D eigenvalue weighted by atomic mass is 16.7. The van der Waals surface area contributed by atoms with Crippen molar-refractivity contribution in [2.24, 2.45) is 0 Å². The zero-order valence-electron chi connectivity index (χ0n) is 12.1. The van der Waals surface area contributed by atoms with E-state index in [9.17, 15) is 24.0 Å². The molecule has 0 saturated carbocycles. The monoisotopic (exact) mass is 308 g/mol. The van der Waals surface area contributed by atoms with Crippen LogP contribution in [0.5, 0.6) is 0 Å². The summed E-state index contributed by atoms with van der Waals surface area (Å²) in [6.45, 7) is 1.85. The van der Waals surface area contributed by atoms with Gasteiger partial charge in [-0.3, -0.25) is 14.5 Å². The molecule has 0 aromatic heterocycles. The van der Waals surface area contributed by atoms with Gasteiger partial charge in [0.15, 0.2) is 5.06 Å². The highest BCUT2D eigenvalue weighted by Crippen LogP contribution is 2.18. The lowest BCUT2D eigenvalue weighted by Gasteiger charge is -2.24. The van der Waals surface area contributed by atoms with Crippen LogP contribution in [0.15, 0.2) is 12.2 Å². The number of carbonyl (C=O) groups excluding carboxylic acids is 5. The molecule has 2 aliphatic heterocycles. The van der Waals surface area contributed by atoms with Gasteiger partial charge in [0.2, 0.25) is 0 Å². The van der Waals surface area contributed by atoms with Crippen molar-refractivity contribution in [2.75, 3.05) is 0 Å². The first-order valence-corrected chi connectivity index (χ1v) is 7.05. The van der Waals surface area contributed by atoms with Gasteiger partial charge in [-0.05, 0) is 6.42 Å². The molecule has 0 aromatic rings. The Bertz CT molecular complexity index is 534. The van der Waals surface area contributed by atoms with E-state index in [1.165, 1.54) is 0 Å². The Morgan fingerprint density at radius 1 is 1.18 bits per heavy atom. The summed E-state index contributed by atoms with van der Waals surface area (Å²) in [6, 6.07) is -0.652. The average Bonchev–Trinajstić information content (AvgIpc) is 2.95. The van der Waals surface area contributed by atoms with E-state index in [0.29, 0.717) is 17.9 Å². The van der Waals surface area contributed by atoms with Crippen LogP contribution in [0, 0.1) is 0 Å². The van der Waals surface area contributed by atoms with E-state index in [-0.39, 0.29) is 19.3 Å². The normalized spacial score (nSPS) is 20.1. The van der Waals surface area contributed by atoms with Gasteiger partial charge in [0.1, 0.15) is 0 Å². The minimum atomic E-state index is -0.824. The minimum absolute atomic E-state index is 0.0114. The second-order valence-corrected chi connectivity index (χ2v) is 5.07. The molecular formula is C14H16N2O6+. The number of rotatable bonds is 6. The van der Waals surface area contributed by atoms with Gasteiger partial charge in [0, 0.05) is 12.2 Å². The quantitative estimate of drug-likeness (QED) is 0.502. The van der Waals surface area contributed by atoms with Crippen molar-refractivity contribution in [1.29, 1.82) is 0 Å². The largest absolute Gasteiger partial charge is 0.418 e. The maximum Gasteiger partial charge on any atom is 0.418 e. The third kappa shape index (κ3) is 3.28. The van der Waals surface area contributed by atoms with E-state index < -0.39 is 35.6 Å². The van der Waals surface area contributed by atoms with Gasteiger partial charge >= 0.3 is 17.8 Å². The molecule has 0 spiro atoms. The molecule has 1 radical (unpaired) electrons. The molecule has 4 amide bonds. The Hall–Kier alpha value is -2.35. The van der Waals surface area contributed by atoms with Crippen molar-refractivity contribution in [3.8, 4) is 0 Å². The molecule has 8 heteroatoms. The first-order chi connectivity index (χ1) is 10.4. The third-order valence-electron chi connectivity index (χ3n) is 3.43. The van der Waals surface area contributed by atoms with Crippen molar-refractivity contribution < 1.29 is 28.8 Å². The molecule has 1 atom stereocenters. The molecular weight excluding hydrogens is 292 g/mol. The fourth-order valence-corrected chi connectivity index (χ4v) is 2.42. The van der Waals surface area contributed by atoms with Crippen LogP contribution in [0.2, 0.25) is 0 Å². The lowest BCUT2D eigenvalue weighted by atomic mass is 10.1. The van der Waals surface area contributed by atoms with Gasteiger partial charge in [-0.15, -0.1) is 0 Å². The van der Waals surface area contributed by atoms with Crippen LogP contribution < -0.4 is 5.06 Å². The fourth-order valence-electron chi connectivity index (χ4n) is 2.42. The van der Waals surface area contributed by atoms with Crippen LogP contribution in [-0.2, 0) is 28.8 Å². The summed E-state index contributed by atoms with van der Waals surface area (Å²) in [5.41, 5.74) is 0. The average molecular weight is 308 g/mol. The van der Waals surface area contributed by atoms with Gasteiger partial charge in [0.25, 0.3) is 11.8 Å². The van der Waals surface area contributed by atoms with E-state index >= 15 is 0 Å². The maximum atomic E-state index is 11.9. The highest BCUT2D eigenvalue weighted by molar-refractivity contribution is 6.13. The Morgan fingerprint density at radius 3 is 2.23 bits per heavy atom. The van der Waals surface area contributed by atoms with E-state index in [1.54, 1.807) is 0 Å². The molecule has 1 unspecified atom stereocenters. The summed E-state index contributed by atoms with van der Waals surface area (Å²) in [7, 11) is 0. The first-order valence-electron chi connectivity index (χ1n) is 7.05. The second kappa shape index (κ2) is 6.61. The van der Waals surface area contributed by atoms with Crippen LogP contribution in [0.3, 0.4) is 0 Å². The molecule has 0 aliphatic carbocycles. The lowest BCUT2D eigenvalue weighted by Crippen LogP contribution is -2.44. The van der Waals surface area contributed by atoms with Crippen molar-refractivity contribution in [1.82, 2.24) is 9.96 Å². The Morgan fingerprint density at radius 2 is 1.73 bits per heavy atom. The molecule has 1 saturated heterocycles. The molecule has 0 aromatic carbocycles. The number of hydroxylamine groups is 2. The van der Waals surface area contributed by atoms with E-state index in [1.807, 2.05) is 6.92 Å². The van der Waals surface area contributed by atoms with Crippen LogP contribution >= 0.6 is 0 Å². The van der Waals surface area contributed by atoms with Crippen molar-refractivity contribution in [3.63, 3.8) is 0 Å². The number of hydrogen-bond acceptors (Lipinski definition) is 6. The second-order valence-electron chi connectivity index (χ2n) is 5.07. The number of nitrogens with zero attached hydrogens (tertiary/aromatic N) is 2. The van der Waals surface area contributed by atoms with Gasteiger partial charge in [0.05, 0.1) is 25.3 Å². The smallest absolute Gasteiger partial charge is 0.272 e. The van der Waals surface area contributed by atoms with Gasteiger partial charge in [-0.1, -0.05) is 13.3 Å². The highest BCUT2D eigenvalue weighted by Gasteiger charge is 2.48. The Labute approximate surface area is 126 Å². The molecule has 1 fully saturated rings. The van der Waals surface area contributed by atoms with Crippen molar-refractivity contribution >= 4 is 29.6 Å². The number of carbonyl (C=O) groups is 5. The van der Waals surface area contributed by atoms with Crippen molar-refractivity contribution in [2.45, 2.75) is 45.1 Å². The molecule has 117 valence electrons. The van der Waals surface area contributed by atoms with E-state index in [4.69, 9.17) is 4.84 Å². The SMILES string of the molecule is CCCC(CC(=O)O[N+]1C(=O)CCC1=O)N1C(=O)C=CC1=O. The summed E-state index contributed by atoms with van der Waals surface area (Å²) in [6.07, 6.45) is 3.12. The molecule has 2 aliphatic rings.